The first-order chi connectivity index (χ1) is 10.9. The maximum absolute atomic E-state index is 6.07. The summed E-state index contributed by atoms with van der Waals surface area (Å²) in [5.74, 6) is 4.29. The normalized spacial score (nSPS) is 11.1. The molecule has 0 aliphatic heterocycles. The van der Waals surface area contributed by atoms with Gasteiger partial charge in [0.1, 0.15) is 13.8 Å². The van der Waals surface area contributed by atoms with Gasteiger partial charge in [-0.1, -0.05) is 43.8 Å². The van der Waals surface area contributed by atoms with Gasteiger partial charge in [-0.2, -0.15) is 0 Å². The van der Waals surface area contributed by atoms with E-state index in [0.717, 1.165) is 11.4 Å². The lowest BCUT2D eigenvalue weighted by Crippen LogP contribution is -2.16. The molecular formula is C17H19N5Si. The molecule has 5 nitrogen and oxygen atoms in total. The molecule has 3 N–H and O–H groups in total. The van der Waals surface area contributed by atoms with E-state index < -0.39 is 8.07 Å². The fourth-order valence-corrected chi connectivity index (χ4v) is 2.61. The Morgan fingerprint density at radius 2 is 1.91 bits per heavy atom. The molecule has 0 amide bonds. The Hall–Kier alpha value is -2.78. The van der Waals surface area contributed by atoms with Gasteiger partial charge >= 0.3 is 0 Å². The number of anilines is 3. The first-order valence-corrected chi connectivity index (χ1v) is 10.9. The number of nitrogens with two attached hydrogens (primary N) is 1. The van der Waals surface area contributed by atoms with E-state index >= 15 is 0 Å². The average Bonchev–Trinajstić information content (AvgIpc) is 2.82. The molecule has 116 valence electrons. The number of hydrogen-bond donors (Lipinski definition) is 2. The summed E-state index contributed by atoms with van der Waals surface area (Å²) in [6.07, 6.45) is 3.56. The molecule has 0 aliphatic carbocycles. The number of nitrogens with one attached hydrogen (secondary N) is 1. The lowest BCUT2D eigenvalue weighted by atomic mass is 10.3. The maximum atomic E-state index is 6.07. The number of aromatic nitrogens is 3. The number of benzene rings is 1. The van der Waals surface area contributed by atoms with Crippen LogP contribution in [0.1, 0.15) is 5.69 Å². The van der Waals surface area contributed by atoms with Gasteiger partial charge in [0.15, 0.2) is 17.3 Å². The summed E-state index contributed by atoms with van der Waals surface area (Å²) in [5, 5.41) is 3.27. The van der Waals surface area contributed by atoms with Crippen LogP contribution in [-0.2, 0) is 0 Å². The van der Waals surface area contributed by atoms with Gasteiger partial charge < -0.3 is 11.1 Å². The third-order valence-corrected chi connectivity index (χ3v) is 4.04. The summed E-state index contributed by atoms with van der Waals surface area (Å²) >= 11 is 0. The highest BCUT2D eigenvalue weighted by atomic mass is 28.3. The van der Waals surface area contributed by atoms with Gasteiger partial charge in [0.25, 0.3) is 0 Å². The van der Waals surface area contributed by atoms with Crippen molar-refractivity contribution in [2.75, 3.05) is 11.1 Å². The molecule has 0 bridgehead atoms. The van der Waals surface area contributed by atoms with Gasteiger partial charge in [0.2, 0.25) is 0 Å². The maximum Gasteiger partial charge on any atom is 0.183 e. The number of nitrogens with zero attached hydrogens (tertiary/aromatic N) is 3. The number of hydrogen-bond acceptors (Lipinski definition) is 4. The van der Waals surface area contributed by atoms with Crippen molar-refractivity contribution < 1.29 is 0 Å². The van der Waals surface area contributed by atoms with Gasteiger partial charge in [0.05, 0.1) is 0 Å². The Morgan fingerprint density at radius 3 is 2.61 bits per heavy atom. The molecule has 0 fully saturated rings. The quantitative estimate of drug-likeness (QED) is 0.561. The smallest absolute Gasteiger partial charge is 0.183 e. The fraction of sp³-hybridized carbons (Fsp3) is 0.176. The second-order valence-electron chi connectivity index (χ2n) is 6.31. The Balaban J connectivity index is 2.07. The van der Waals surface area contributed by atoms with Crippen LogP contribution >= 0.6 is 0 Å². The van der Waals surface area contributed by atoms with E-state index in [1.54, 1.807) is 6.20 Å². The van der Waals surface area contributed by atoms with E-state index in [4.69, 9.17) is 5.73 Å². The highest BCUT2D eigenvalue weighted by molar-refractivity contribution is 6.83. The van der Waals surface area contributed by atoms with Crippen molar-refractivity contribution in [1.82, 2.24) is 14.4 Å². The van der Waals surface area contributed by atoms with Crippen LogP contribution in [0.15, 0.2) is 42.7 Å². The van der Waals surface area contributed by atoms with Gasteiger partial charge in [-0.25, -0.2) is 9.97 Å². The van der Waals surface area contributed by atoms with Crippen molar-refractivity contribution in [3.63, 3.8) is 0 Å². The van der Waals surface area contributed by atoms with Crippen LogP contribution in [0.25, 0.3) is 5.65 Å². The minimum absolute atomic E-state index is 0.430. The molecule has 0 aliphatic rings. The summed E-state index contributed by atoms with van der Waals surface area (Å²) in [6.45, 7) is 6.59. The van der Waals surface area contributed by atoms with E-state index in [2.05, 4.69) is 46.4 Å². The monoisotopic (exact) mass is 321 g/mol. The minimum atomic E-state index is -1.49. The van der Waals surface area contributed by atoms with Crippen LogP contribution in [0.3, 0.4) is 0 Å². The number of nitrogen functional groups attached to an aromatic ring is 1. The molecule has 6 heteroatoms. The molecule has 0 atom stereocenters. The van der Waals surface area contributed by atoms with Crippen molar-refractivity contribution in [2.45, 2.75) is 19.6 Å². The molecule has 2 aromatic heterocycles. The van der Waals surface area contributed by atoms with Crippen molar-refractivity contribution in [2.24, 2.45) is 0 Å². The highest BCUT2D eigenvalue weighted by Crippen LogP contribution is 2.22. The second kappa shape index (κ2) is 5.78. The van der Waals surface area contributed by atoms with Crippen molar-refractivity contribution in [3.8, 4) is 11.5 Å². The van der Waals surface area contributed by atoms with Gasteiger partial charge in [-0.05, 0) is 12.1 Å². The SMILES string of the molecule is C[Si](C)(C)C#Cc1c(N)nc2c(Nc3ccccc3)nccn12. The zero-order valence-corrected chi connectivity index (χ0v) is 14.5. The van der Waals surface area contributed by atoms with Crippen molar-refractivity contribution >= 4 is 31.0 Å². The highest BCUT2D eigenvalue weighted by Gasteiger charge is 2.13. The zero-order valence-electron chi connectivity index (χ0n) is 13.5. The Kier molecular flexibility index (Phi) is 3.80. The van der Waals surface area contributed by atoms with Crippen molar-refractivity contribution in [1.29, 1.82) is 0 Å². The summed E-state index contributed by atoms with van der Waals surface area (Å²) in [6, 6.07) is 9.85. The van der Waals surface area contributed by atoms with E-state index in [1.165, 1.54) is 0 Å². The van der Waals surface area contributed by atoms with Crippen LogP contribution < -0.4 is 11.1 Å². The van der Waals surface area contributed by atoms with E-state index in [1.807, 2.05) is 40.9 Å². The fourth-order valence-electron chi connectivity index (χ4n) is 2.11. The summed E-state index contributed by atoms with van der Waals surface area (Å²) in [4.78, 5) is 8.81. The van der Waals surface area contributed by atoms with E-state index in [9.17, 15) is 0 Å². The lowest BCUT2D eigenvalue weighted by Gasteiger charge is -2.06. The predicted octanol–water partition coefficient (Wildman–Crippen LogP) is 3.28. The van der Waals surface area contributed by atoms with Gasteiger partial charge in [-0.3, -0.25) is 4.40 Å². The Labute approximate surface area is 136 Å². The van der Waals surface area contributed by atoms with Crippen molar-refractivity contribution in [3.05, 3.63) is 48.4 Å². The molecule has 23 heavy (non-hydrogen) atoms. The van der Waals surface area contributed by atoms with Gasteiger partial charge in [-0.15, -0.1) is 5.54 Å². The molecule has 0 spiro atoms. The lowest BCUT2D eigenvalue weighted by molar-refractivity contribution is 1.11. The first kappa shape index (κ1) is 15.1. The molecule has 0 saturated heterocycles. The summed E-state index contributed by atoms with van der Waals surface area (Å²) in [5.41, 5.74) is 11.8. The summed E-state index contributed by atoms with van der Waals surface area (Å²) < 4.78 is 1.89. The summed E-state index contributed by atoms with van der Waals surface area (Å²) in [7, 11) is -1.49. The minimum Gasteiger partial charge on any atom is -0.381 e. The predicted molar refractivity (Wildman–Crippen MR) is 97.3 cm³/mol. The Morgan fingerprint density at radius 1 is 1.17 bits per heavy atom. The molecule has 0 unspecified atom stereocenters. The molecule has 0 radical (unpaired) electrons. The van der Waals surface area contributed by atoms with E-state index in [-0.39, 0.29) is 0 Å². The second-order valence-corrected chi connectivity index (χ2v) is 11.1. The standard InChI is InChI=1S/C17H19N5Si/c1-23(2,3)12-9-14-15(18)21-17-16(19-10-11-22(14)17)20-13-7-5-4-6-8-13/h4-8,10-11H,18H2,1-3H3,(H,19,20). The molecular weight excluding hydrogens is 302 g/mol. The third kappa shape index (κ3) is 3.35. The molecule has 1 aromatic carbocycles. The van der Waals surface area contributed by atoms with Crippen LogP contribution in [-0.4, -0.2) is 22.4 Å². The Bertz CT molecular complexity index is 898. The van der Waals surface area contributed by atoms with Crippen LogP contribution in [0, 0.1) is 11.5 Å². The van der Waals surface area contributed by atoms with Crippen LogP contribution in [0.5, 0.6) is 0 Å². The largest absolute Gasteiger partial charge is 0.381 e. The number of para-hydroxylation sites is 1. The van der Waals surface area contributed by atoms with Crippen LogP contribution in [0.4, 0.5) is 17.3 Å². The number of imidazole rings is 1. The van der Waals surface area contributed by atoms with Crippen LogP contribution in [0.2, 0.25) is 19.6 Å². The molecule has 3 aromatic rings. The number of fused-ring (bicyclic) bond motifs is 1. The third-order valence-electron chi connectivity index (χ3n) is 3.16. The molecule has 2 heterocycles. The topological polar surface area (TPSA) is 68.2 Å². The first-order valence-electron chi connectivity index (χ1n) is 7.42. The van der Waals surface area contributed by atoms with E-state index in [0.29, 0.717) is 17.3 Å². The molecule has 3 rings (SSSR count). The average molecular weight is 321 g/mol. The molecule has 0 saturated carbocycles. The number of rotatable bonds is 2. The zero-order chi connectivity index (χ0) is 16.4. The van der Waals surface area contributed by atoms with Gasteiger partial charge in [0, 0.05) is 18.1 Å².